The molecule has 0 aliphatic heterocycles. The van der Waals surface area contributed by atoms with Crippen molar-refractivity contribution in [1.29, 1.82) is 0 Å². The minimum Gasteiger partial charge on any atom is -1.00 e. The van der Waals surface area contributed by atoms with Gasteiger partial charge in [-0.1, -0.05) is 36.4 Å². The van der Waals surface area contributed by atoms with E-state index in [-0.39, 0.29) is 41.9 Å². The zero-order chi connectivity index (χ0) is 17.3. The van der Waals surface area contributed by atoms with Gasteiger partial charge in [-0.25, -0.2) is 4.98 Å². The number of aromatic nitrogens is 1. The summed E-state index contributed by atoms with van der Waals surface area (Å²) in [6, 6.07) is 23.5. The number of aryl methyl sites for hydroxylation is 1. The second-order valence-corrected chi connectivity index (χ2v) is 5.47. The van der Waals surface area contributed by atoms with Crippen LogP contribution in [0.2, 0.25) is 0 Å². The fourth-order valence-electron chi connectivity index (χ4n) is 2.23. The molecule has 3 rings (SSSR count). The van der Waals surface area contributed by atoms with Gasteiger partial charge in [0.05, 0.1) is 35.2 Å². The second-order valence-electron chi connectivity index (χ2n) is 5.47. The van der Waals surface area contributed by atoms with Gasteiger partial charge in [0, 0.05) is 0 Å². The monoisotopic (exact) mass is 455 g/mol. The normalized spacial score (nSPS) is 9.89. The van der Waals surface area contributed by atoms with E-state index in [9.17, 15) is 0 Å². The number of benzene rings is 2. The van der Waals surface area contributed by atoms with E-state index < -0.39 is 0 Å². The van der Waals surface area contributed by atoms with Crippen LogP contribution < -0.4 is 35.7 Å². The number of anilines is 2. The van der Waals surface area contributed by atoms with Crippen molar-refractivity contribution >= 4 is 23.8 Å². The number of rotatable bonds is 6. The maximum absolute atomic E-state index is 4.52. The first-order chi connectivity index (χ1) is 12.3. The molecule has 0 radical (unpaired) electrons. The van der Waals surface area contributed by atoms with E-state index in [1.54, 1.807) is 12.4 Å². The van der Waals surface area contributed by atoms with Crippen LogP contribution in [0, 0.1) is 6.92 Å². The fraction of sp³-hybridized carbons (Fsp3) is 0.0500. The minimum atomic E-state index is 0. The average Bonchev–Trinajstić information content (AvgIpc) is 2.63. The topological polar surface area (TPSA) is 61.7 Å². The number of hydrazone groups is 2. The molecule has 0 bridgehead atoms. The largest absolute Gasteiger partial charge is 2.00 e. The summed E-state index contributed by atoms with van der Waals surface area (Å²) < 4.78 is 0. The Labute approximate surface area is 188 Å². The van der Waals surface area contributed by atoms with E-state index in [1.165, 1.54) is 0 Å². The molecule has 0 atom stereocenters. The van der Waals surface area contributed by atoms with Crippen LogP contribution in [0.15, 0.2) is 83.0 Å². The Morgan fingerprint density at radius 1 is 0.714 bits per heavy atom. The molecule has 28 heavy (non-hydrogen) atoms. The van der Waals surface area contributed by atoms with Crippen molar-refractivity contribution in [3.63, 3.8) is 0 Å². The number of hydrogen-bond acceptors (Lipinski definition) is 5. The molecule has 1 heterocycles. The first-order valence-corrected chi connectivity index (χ1v) is 7.96. The summed E-state index contributed by atoms with van der Waals surface area (Å²) in [7, 11) is 0. The fourth-order valence-corrected chi connectivity index (χ4v) is 2.23. The summed E-state index contributed by atoms with van der Waals surface area (Å²) in [5.41, 5.74) is 10.5. The summed E-state index contributed by atoms with van der Waals surface area (Å²) in [4.78, 5) is 4.52. The molecule has 146 valence electrons. The zero-order valence-electron chi connectivity index (χ0n) is 15.0. The van der Waals surface area contributed by atoms with Crippen LogP contribution in [0.3, 0.4) is 0 Å². The molecule has 0 fully saturated rings. The summed E-state index contributed by atoms with van der Waals surface area (Å²) in [6.45, 7) is 2.02. The standard InChI is InChI=1S/C20H19N5.2ClH.Fe/c1-16-12-19(14-21-24-17-8-4-2-5-9-17)23-20(13-16)15-22-25-18-10-6-3-7-11-18;;;/h2-15,24-25H,1H3;2*1H;/q;;;+2/p-2. The zero-order valence-corrected chi connectivity index (χ0v) is 17.7. The average molecular weight is 456 g/mol. The van der Waals surface area contributed by atoms with Crippen LogP contribution in [-0.2, 0) is 17.1 Å². The van der Waals surface area contributed by atoms with E-state index in [2.05, 4.69) is 26.0 Å². The third-order valence-corrected chi connectivity index (χ3v) is 3.34. The van der Waals surface area contributed by atoms with Gasteiger partial charge in [-0.2, -0.15) is 10.2 Å². The first kappa shape index (κ1) is 25.6. The van der Waals surface area contributed by atoms with Gasteiger partial charge in [-0.15, -0.1) is 0 Å². The molecule has 0 aliphatic rings. The molecule has 0 amide bonds. The predicted molar refractivity (Wildman–Crippen MR) is 104 cm³/mol. The van der Waals surface area contributed by atoms with Gasteiger partial charge in [-0.3, -0.25) is 10.9 Å². The smallest absolute Gasteiger partial charge is 1.00 e. The molecular weight excluding hydrogens is 437 g/mol. The molecule has 0 saturated carbocycles. The van der Waals surface area contributed by atoms with Crippen LogP contribution in [-0.4, -0.2) is 17.4 Å². The Kier molecular flexibility index (Phi) is 12.6. The van der Waals surface area contributed by atoms with Crippen molar-refractivity contribution in [2.24, 2.45) is 10.2 Å². The van der Waals surface area contributed by atoms with Crippen LogP contribution in [0.4, 0.5) is 11.4 Å². The van der Waals surface area contributed by atoms with Crippen molar-refractivity contribution in [1.82, 2.24) is 4.98 Å². The molecular formula is C20H19Cl2FeN5. The molecule has 3 aromatic rings. The summed E-state index contributed by atoms with van der Waals surface area (Å²) in [5, 5.41) is 8.45. The maximum atomic E-state index is 4.52. The molecule has 0 spiro atoms. The van der Waals surface area contributed by atoms with Crippen molar-refractivity contribution in [2.45, 2.75) is 6.92 Å². The van der Waals surface area contributed by atoms with Gasteiger partial charge in [-0.05, 0) is 48.9 Å². The van der Waals surface area contributed by atoms with Crippen molar-refractivity contribution in [3.8, 4) is 0 Å². The quantitative estimate of drug-likeness (QED) is 0.264. The van der Waals surface area contributed by atoms with Gasteiger partial charge in [0.15, 0.2) is 0 Å². The van der Waals surface area contributed by atoms with Crippen molar-refractivity contribution < 1.29 is 41.9 Å². The summed E-state index contributed by atoms with van der Waals surface area (Å²) in [6.07, 6.45) is 3.39. The van der Waals surface area contributed by atoms with Gasteiger partial charge < -0.3 is 24.8 Å². The van der Waals surface area contributed by atoms with Crippen molar-refractivity contribution in [3.05, 3.63) is 89.7 Å². The van der Waals surface area contributed by atoms with E-state index in [1.807, 2.05) is 79.7 Å². The number of halogens is 2. The van der Waals surface area contributed by atoms with E-state index in [0.29, 0.717) is 0 Å². The Hall–Kier alpha value is -2.37. The SMILES string of the molecule is Cc1cc(C=NNc2ccccc2)nc(C=NNc2ccccc2)c1.[Cl-].[Cl-].[Fe+2]. The third-order valence-electron chi connectivity index (χ3n) is 3.34. The number of nitrogens with zero attached hydrogens (tertiary/aromatic N) is 3. The number of nitrogens with one attached hydrogen (secondary N) is 2. The van der Waals surface area contributed by atoms with Crippen LogP contribution in [0.5, 0.6) is 0 Å². The van der Waals surface area contributed by atoms with Crippen LogP contribution in [0.25, 0.3) is 0 Å². The Morgan fingerprint density at radius 2 is 1.11 bits per heavy atom. The number of pyridine rings is 1. The number of hydrogen-bond donors (Lipinski definition) is 2. The molecule has 2 aromatic carbocycles. The predicted octanol–water partition coefficient (Wildman–Crippen LogP) is -1.71. The first-order valence-electron chi connectivity index (χ1n) is 7.96. The van der Waals surface area contributed by atoms with Gasteiger partial charge in [0.25, 0.3) is 0 Å². The Morgan fingerprint density at radius 3 is 1.50 bits per heavy atom. The molecule has 1 aromatic heterocycles. The number of para-hydroxylation sites is 2. The third kappa shape index (κ3) is 8.55. The Bertz CT molecular complexity index is 805. The molecule has 8 heteroatoms. The van der Waals surface area contributed by atoms with Crippen molar-refractivity contribution in [2.75, 3.05) is 10.9 Å². The second kappa shape index (κ2) is 13.7. The molecule has 0 saturated heterocycles. The van der Waals surface area contributed by atoms with E-state index >= 15 is 0 Å². The molecule has 0 aliphatic carbocycles. The Balaban J connectivity index is 0.00000243. The van der Waals surface area contributed by atoms with Crippen LogP contribution in [0.1, 0.15) is 17.0 Å². The van der Waals surface area contributed by atoms with E-state index in [0.717, 1.165) is 28.3 Å². The minimum absolute atomic E-state index is 0. The van der Waals surface area contributed by atoms with Gasteiger partial charge in [0.1, 0.15) is 0 Å². The molecule has 2 N–H and O–H groups in total. The molecule has 0 unspecified atom stereocenters. The van der Waals surface area contributed by atoms with E-state index in [4.69, 9.17) is 0 Å². The van der Waals surface area contributed by atoms with Crippen LogP contribution >= 0.6 is 0 Å². The van der Waals surface area contributed by atoms with Gasteiger partial charge in [0.2, 0.25) is 0 Å². The maximum Gasteiger partial charge on any atom is 2.00 e. The molecule has 5 nitrogen and oxygen atoms in total. The van der Waals surface area contributed by atoms with Gasteiger partial charge >= 0.3 is 17.1 Å². The summed E-state index contributed by atoms with van der Waals surface area (Å²) >= 11 is 0. The summed E-state index contributed by atoms with van der Waals surface area (Å²) in [5.74, 6) is 0.